The van der Waals surface area contributed by atoms with E-state index in [1.165, 1.54) is 4.88 Å². The molecule has 0 amide bonds. The first-order valence-corrected chi connectivity index (χ1v) is 6.29. The lowest BCUT2D eigenvalue weighted by Gasteiger charge is -2.04. The fourth-order valence-corrected chi connectivity index (χ4v) is 2.11. The minimum atomic E-state index is 0.215. The molecule has 0 fully saturated rings. The number of hydrogen-bond acceptors (Lipinski definition) is 4. The molecular formula is C11H16N4S. The molecule has 1 atom stereocenters. The lowest BCUT2D eigenvalue weighted by molar-refractivity contribution is 0.638. The molecule has 16 heavy (non-hydrogen) atoms. The quantitative estimate of drug-likeness (QED) is 0.859. The zero-order chi connectivity index (χ0) is 11.4. The molecule has 5 heteroatoms. The average molecular weight is 236 g/mol. The molecule has 0 radical (unpaired) electrons. The van der Waals surface area contributed by atoms with E-state index in [1.807, 2.05) is 18.0 Å². The molecule has 0 saturated heterocycles. The van der Waals surface area contributed by atoms with Crippen LogP contribution in [0.25, 0.3) is 0 Å². The molecule has 2 rings (SSSR count). The molecule has 0 aliphatic carbocycles. The number of imidazole rings is 1. The summed E-state index contributed by atoms with van der Waals surface area (Å²) in [4.78, 5) is 9.64. The normalized spacial score (nSPS) is 12.9. The number of aromatic nitrogens is 3. The maximum Gasteiger partial charge on any atom is 0.0952 e. The van der Waals surface area contributed by atoms with Gasteiger partial charge in [-0.1, -0.05) is 6.92 Å². The van der Waals surface area contributed by atoms with E-state index in [4.69, 9.17) is 5.73 Å². The smallest absolute Gasteiger partial charge is 0.0952 e. The van der Waals surface area contributed by atoms with Gasteiger partial charge >= 0.3 is 0 Å². The minimum absolute atomic E-state index is 0.215. The summed E-state index contributed by atoms with van der Waals surface area (Å²) in [5.74, 6) is 0. The van der Waals surface area contributed by atoms with Gasteiger partial charge in [0.1, 0.15) is 0 Å². The van der Waals surface area contributed by atoms with Crippen molar-refractivity contribution in [3.63, 3.8) is 0 Å². The van der Waals surface area contributed by atoms with Crippen LogP contribution in [0.5, 0.6) is 0 Å². The number of nitrogens with two attached hydrogens (primary N) is 1. The van der Waals surface area contributed by atoms with Crippen LogP contribution in [-0.2, 0) is 13.0 Å². The second-order valence-electron chi connectivity index (χ2n) is 3.88. The predicted molar refractivity (Wildman–Crippen MR) is 65.4 cm³/mol. The number of hydrogen-bond donors (Lipinski definition) is 1. The molecule has 0 saturated carbocycles. The lowest BCUT2D eigenvalue weighted by atomic mass is 10.1. The van der Waals surface area contributed by atoms with Crippen LogP contribution >= 0.6 is 11.3 Å². The Labute approximate surface area is 99.2 Å². The maximum absolute atomic E-state index is 5.89. The summed E-state index contributed by atoms with van der Waals surface area (Å²) in [6, 6.07) is 0.215. The van der Waals surface area contributed by atoms with E-state index in [-0.39, 0.29) is 6.04 Å². The van der Waals surface area contributed by atoms with Crippen LogP contribution in [0.15, 0.2) is 24.2 Å². The molecular weight excluding hydrogens is 220 g/mol. The summed E-state index contributed by atoms with van der Waals surface area (Å²) in [6.45, 7) is 2.94. The SMILES string of the molecule is CCC(N)Cc1cn(Cc2cncs2)cn1. The zero-order valence-electron chi connectivity index (χ0n) is 9.34. The molecule has 4 nitrogen and oxygen atoms in total. The molecule has 0 aliphatic heterocycles. The van der Waals surface area contributed by atoms with E-state index < -0.39 is 0 Å². The van der Waals surface area contributed by atoms with Crippen LogP contribution in [0.1, 0.15) is 23.9 Å². The fourth-order valence-electron chi connectivity index (χ4n) is 1.51. The predicted octanol–water partition coefficient (Wildman–Crippen LogP) is 1.67. The van der Waals surface area contributed by atoms with E-state index in [9.17, 15) is 0 Å². The number of rotatable bonds is 5. The lowest BCUT2D eigenvalue weighted by Crippen LogP contribution is -2.21. The van der Waals surface area contributed by atoms with Gasteiger partial charge in [-0.15, -0.1) is 11.3 Å². The molecule has 2 aromatic rings. The summed E-state index contributed by atoms with van der Waals surface area (Å²) in [5, 5.41) is 0. The first kappa shape index (κ1) is 11.3. The van der Waals surface area contributed by atoms with Gasteiger partial charge in [-0.3, -0.25) is 4.98 Å². The van der Waals surface area contributed by atoms with Crippen molar-refractivity contribution in [2.24, 2.45) is 5.73 Å². The summed E-state index contributed by atoms with van der Waals surface area (Å²) < 4.78 is 2.07. The van der Waals surface area contributed by atoms with Gasteiger partial charge in [0, 0.05) is 29.7 Å². The highest BCUT2D eigenvalue weighted by Crippen LogP contribution is 2.09. The topological polar surface area (TPSA) is 56.7 Å². The first-order valence-electron chi connectivity index (χ1n) is 5.41. The molecule has 2 N–H and O–H groups in total. The molecule has 2 aromatic heterocycles. The van der Waals surface area contributed by atoms with E-state index >= 15 is 0 Å². The summed E-state index contributed by atoms with van der Waals surface area (Å²) in [5.41, 5.74) is 8.81. The third kappa shape index (κ3) is 2.90. The van der Waals surface area contributed by atoms with Gasteiger partial charge < -0.3 is 10.3 Å². The van der Waals surface area contributed by atoms with Gasteiger partial charge in [-0.25, -0.2) is 4.98 Å². The van der Waals surface area contributed by atoms with Crippen molar-refractivity contribution in [1.29, 1.82) is 0 Å². The highest BCUT2D eigenvalue weighted by Gasteiger charge is 2.05. The van der Waals surface area contributed by atoms with Gasteiger partial charge in [-0.2, -0.15) is 0 Å². The zero-order valence-corrected chi connectivity index (χ0v) is 10.2. The molecule has 0 aromatic carbocycles. The van der Waals surface area contributed by atoms with Crippen molar-refractivity contribution < 1.29 is 0 Å². The van der Waals surface area contributed by atoms with Crippen LogP contribution in [0.2, 0.25) is 0 Å². The molecule has 1 unspecified atom stereocenters. The van der Waals surface area contributed by atoms with Crippen LogP contribution in [0.4, 0.5) is 0 Å². The average Bonchev–Trinajstić information content (AvgIpc) is 2.91. The van der Waals surface area contributed by atoms with Gasteiger partial charge in [-0.05, 0) is 6.42 Å². The van der Waals surface area contributed by atoms with E-state index in [2.05, 4.69) is 27.7 Å². The van der Waals surface area contributed by atoms with Crippen molar-refractivity contribution in [1.82, 2.24) is 14.5 Å². The Morgan fingerprint density at radius 3 is 3.12 bits per heavy atom. The van der Waals surface area contributed by atoms with E-state index in [0.29, 0.717) is 0 Å². The van der Waals surface area contributed by atoms with E-state index in [1.54, 1.807) is 11.3 Å². The van der Waals surface area contributed by atoms with Crippen molar-refractivity contribution in [2.75, 3.05) is 0 Å². The molecule has 0 spiro atoms. The minimum Gasteiger partial charge on any atom is -0.332 e. The molecule has 0 bridgehead atoms. The molecule has 0 aliphatic rings. The maximum atomic E-state index is 5.89. The first-order chi connectivity index (χ1) is 7.78. The third-order valence-electron chi connectivity index (χ3n) is 2.50. The van der Waals surface area contributed by atoms with Crippen molar-refractivity contribution in [3.05, 3.63) is 34.8 Å². The third-order valence-corrected chi connectivity index (χ3v) is 3.27. The van der Waals surface area contributed by atoms with Gasteiger partial charge in [0.05, 0.1) is 24.1 Å². The van der Waals surface area contributed by atoms with Crippen LogP contribution in [0, 0.1) is 0 Å². The Hall–Kier alpha value is -1.20. The Bertz CT molecular complexity index is 421. The summed E-state index contributed by atoms with van der Waals surface area (Å²) in [6.07, 6.45) is 7.66. The van der Waals surface area contributed by atoms with Crippen LogP contribution < -0.4 is 5.73 Å². The molecule has 86 valence electrons. The fraction of sp³-hybridized carbons (Fsp3) is 0.455. The highest BCUT2D eigenvalue weighted by molar-refractivity contribution is 7.09. The van der Waals surface area contributed by atoms with Crippen LogP contribution in [-0.4, -0.2) is 20.6 Å². The van der Waals surface area contributed by atoms with Crippen molar-refractivity contribution in [2.45, 2.75) is 32.4 Å². The number of nitrogens with zero attached hydrogens (tertiary/aromatic N) is 3. The van der Waals surface area contributed by atoms with Crippen LogP contribution in [0.3, 0.4) is 0 Å². The van der Waals surface area contributed by atoms with Gasteiger partial charge in [0.25, 0.3) is 0 Å². The Morgan fingerprint density at radius 2 is 2.44 bits per heavy atom. The number of thiazole rings is 1. The van der Waals surface area contributed by atoms with Crippen molar-refractivity contribution in [3.8, 4) is 0 Å². The monoisotopic (exact) mass is 236 g/mol. The second-order valence-corrected chi connectivity index (χ2v) is 4.85. The van der Waals surface area contributed by atoms with Gasteiger partial charge in [0.15, 0.2) is 0 Å². The molecule has 2 heterocycles. The van der Waals surface area contributed by atoms with Gasteiger partial charge in [0.2, 0.25) is 0 Å². The Morgan fingerprint density at radius 1 is 1.56 bits per heavy atom. The highest BCUT2D eigenvalue weighted by atomic mass is 32.1. The Kier molecular flexibility index (Phi) is 3.69. The Balaban J connectivity index is 1.97. The second kappa shape index (κ2) is 5.23. The summed E-state index contributed by atoms with van der Waals surface area (Å²) in [7, 11) is 0. The largest absolute Gasteiger partial charge is 0.332 e. The summed E-state index contributed by atoms with van der Waals surface area (Å²) >= 11 is 1.66. The van der Waals surface area contributed by atoms with Crippen molar-refractivity contribution >= 4 is 11.3 Å². The van der Waals surface area contributed by atoms with E-state index in [0.717, 1.165) is 25.1 Å². The standard InChI is InChI=1S/C11H16N4S/c1-2-9(12)3-10-5-15(7-14-10)6-11-4-13-8-16-11/h4-5,7-9H,2-3,6,12H2,1H3.